The SMILES string of the molecule is Cc1cc(C(=O)N2CCC(c3c[nH]c4ccccc34)CC2)c2c(C)nn(C)c2n1. The molecule has 1 aliphatic rings. The van der Waals surface area contributed by atoms with Gasteiger partial charge in [-0.25, -0.2) is 4.98 Å². The van der Waals surface area contributed by atoms with Crippen LogP contribution in [0.15, 0.2) is 36.5 Å². The van der Waals surface area contributed by atoms with Crippen molar-refractivity contribution in [3.8, 4) is 0 Å². The van der Waals surface area contributed by atoms with Crippen LogP contribution in [-0.2, 0) is 7.05 Å². The molecule has 1 aromatic carbocycles. The van der Waals surface area contributed by atoms with Crippen molar-refractivity contribution in [2.24, 2.45) is 7.05 Å². The number of hydrogen-bond acceptors (Lipinski definition) is 3. The number of aromatic nitrogens is 4. The Kier molecular flexibility index (Phi) is 4.15. The van der Waals surface area contributed by atoms with Crippen molar-refractivity contribution < 1.29 is 4.79 Å². The van der Waals surface area contributed by atoms with Gasteiger partial charge in [0.1, 0.15) is 0 Å². The lowest BCUT2D eigenvalue weighted by molar-refractivity contribution is 0.0715. The second kappa shape index (κ2) is 6.72. The quantitative estimate of drug-likeness (QED) is 0.563. The van der Waals surface area contributed by atoms with Gasteiger partial charge in [-0.3, -0.25) is 9.48 Å². The van der Waals surface area contributed by atoms with Crippen LogP contribution in [-0.4, -0.2) is 43.6 Å². The molecule has 6 heteroatoms. The lowest BCUT2D eigenvalue weighted by atomic mass is 9.89. The first-order valence-corrected chi connectivity index (χ1v) is 10.2. The van der Waals surface area contributed by atoms with E-state index in [0.717, 1.165) is 53.9 Å². The summed E-state index contributed by atoms with van der Waals surface area (Å²) in [6.07, 6.45) is 4.10. The summed E-state index contributed by atoms with van der Waals surface area (Å²) in [5, 5.41) is 6.65. The molecule has 1 amide bonds. The summed E-state index contributed by atoms with van der Waals surface area (Å²) in [6, 6.07) is 10.4. The van der Waals surface area contributed by atoms with E-state index in [0.29, 0.717) is 5.92 Å². The molecule has 3 aromatic heterocycles. The van der Waals surface area contributed by atoms with Crippen molar-refractivity contribution in [1.82, 2.24) is 24.6 Å². The Morgan fingerprint density at radius 1 is 1.17 bits per heavy atom. The smallest absolute Gasteiger partial charge is 0.254 e. The summed E-state index contributed by atoms with van der Waals surface area (Å²) >= 11 is 0. The fraction of sp³-hybridized carbons (Fsp3) is 0.348. The minimum absolute atomic E-state index is 0.0916. The standard InChI is InChI=1S/C23H25N5O/c1-14-12-18(21-15(2)26-27(3)22(21)25-14)23(29)28-10-8-16(9-11-28)19-13-24-20-7-5-4-6-17(19)20/h4-7,12-13,16,24H,8-11H2,1-3H3. The average Bonchev–Trinajstić information content (AvgIpc) is 3.28. The third-order valence-electron chi connectivity index (χ3n) is 6.17. The van der Waals surface area contributed by atoms with Crippen LogP contribution >= 0.6 is 0 Å². The molecular weight excluding hydrogens is 362 g/mol. The van der Waals surface area contributed by atoms with Crippen LogP contribution in [0.1, 0.15) is 46.1 Å². The monoisotopic (exact) mass is 387 g/mol. The largest absolute Gasteiger partial charge is 0.361 e. The molecule has 1 fully saturated rings. The first-order chi connectivity index (χ1) is 14.0. The number of piperidine rings is 1. The number of pyridine rings is 1. The molecule has 148 valence electrons. The number of carbonyl (C=O) groups is 1. The Labute approximate surface area is 169 Å². The van der Waals surface area contributed by atoms with Gasteiger partial charge in [0.05, 0.1) is 16.6 Å². The number of carbonyl (C=O) groups excluding carboxylic acids is 1. The summed E-state index contributed by atoms with van der Waals surface area (Å²) < 4.78 is 1.76. The van der Waals surface area contributed by atoms with Gasteiger partial charge in [0.15, 0.2) is 5.65 Å². The van der Waals surface area contributed by atoms with E-state index in [1.54, 1.807) is 4.68 Å². The summed E-state index contributed by atoms with van der Waals surface area (Å²) in [5.41, 5.74) is 5.76. The highest BCUT2D eigenvalue weighted by Crippen LogP contribution is 2.34. The summed E-state index contributed by atoms with van der Waals surface area (Å²) in [4.78, 5) is 23.3. The number of nitrogens with zero attached hydrogens (tertiary/aromatic N) is 4. The predicted molar refractivity (Wildman–Crippen MR) is 114 cm³/mol. The molecule has 29 heavy (non-hydrogen) atoms. The van der Waals surface area contributed by atoms with Gasteiger partial charge in [-0.2, -0.15) is 5.10 Å². The molecule has 4 heterocycles. The van der Waals surface area contributed by atoms with E-state index in [-0.39, 0.29) is 5.91 Å². The number of para-hydroxylation sites is 1. The van der Waals surface area contributed by atoms with Gasteiger partial charge in [-0.05, 0) is 50.3 Å². The molecule has 6 nitrogen and oxygen atoms in total. The Bertz CT molecular complexity index is 1230. The van der Waals surface area contributed by atoms with Gasteiger partial charge in [0, 0.05) is 42.9 Å². The maximum atomic E-state index is 13.4. The van der Waals surface area contributed by atoms with Crippen LogP contribution in [0.3, 0.4) is 0 Å². The molecule has 0 atom stereocenters. The maximum Gasteiger partial charge on any atom is 0.254 e. The molecule has 1 aliphatic heterocycles. The molecule has 0 saturated carbocycles. The number of nitrogens with one attached hydrogen (secondary N) is 1. The van der Waals surface area contributed by atoms with E-state index < -0.39 is 0 Å². The minimum Gasteiger partial charge on any atom is -0.361 e. The van der Waals surface area contributed by atoms with Crippen molar-refractivity contribution in [2.75, 3.05) is 13.1 Å². The zero-order valence-corrected chi connectivity index (χ0v) is 17.1. The molecular formula is C23H25N5O. The first-order valence-electron chi connectivity index (χ1n) is 10.2. The van der Waals surface area contributed by atoms with Crippen LogP contribution in [0.4, 0.5) is 0 Å². The zero-order chi connectivity index (χ0) is 20.1. The normalized spacial score (nSPS) is 15.5. The number of fused-ring (bicyclic) bond motifs is 2. The van der Waals surface area contributed by atoms with Crippen molar-refractivity contribution in [3.63, 3.8) is 0 Å². The van der Waals surface area contributed by atoms with E-state index in [1.165, 1.54) is 16.5 Å². The van der Waals surface area contributed by atoms with E-state index >= 15 is 0 Å². The Morgan fingerprint density at radius 3 is 2.72 bits per heavy atom. The van der Waals surface area contributed by atoms with Crippen LogP contribution in [0.5, 0.6) is 0 Å². The van der Waals surface area contributed by atoms with Crippen molar-refractivity contribution in [3.05, 3.63) is 59.0 Å². The van der Waals surface area contributed by atoms with Gasteiger partial charge in [0.25, 0.3) is 5.91 Å². The minimum atomic E-state index is 0.0916. The Morgan fingerprint density at radius 2 is 1.93 bits per heavy atom. The summed E-state index contributed by atoms with van der Waals surface area (Å²) in [5.74, 6) is 0.573. The Balaban J connectivity index is 1.40. The van der Waals surface area contributed by atoms with Crippen LogP contribution < -0.4 is 0 Å². The number of H-pyrrole nitrogens is 1. The second-order valence-corrected chi connectivity index (χ2v) is 8.07. The lowest BCUT2D eigenvalue weighted by Gasteiger charge is -2.32. The molecule has 1 N–H and O–H groups in total. The van der Waals surface area contributed by atoms with Crippen LogP contribution in [0.25, 0.3) is 21.9 Å². The van der Waals surface area contributed by atoms with Crippen molar-refractivity contribution in [2.45, 2.75) is 32.6 Å². The molecule has 0 aliphatic carbocycles. The number of benzene rings is 1. The van der Waals surface area contributed by atoms with Crippen molar-refractivity contribution >= 4 is 27.8 Å². The topological polar surface area (TPSA) is 66.8 Å². The molecule has 1 saturated heterocycles. The van der Waals surface area contributed by atoms with E-state index in [1.807, 2.05) is 31.9 Å². The number of aromatic amines is 1. The number of rotatable bonds is 2. The summed E-state index contributed by atoms with van der Waals surface area (Å²) in [6.45, 7) is 5.41. The molecule has 5 rings (SSSR count). The Hall–Kier alpha value is -3.15. The maximum absolute atomic E-state index is 13.4. The number of likely N-dealkylation sites (tertiary alicyclic amines) is 1. The van der Waals surface area contributed by atoms with Gasteiger partial charge >= 0.3 is 0 Å². The van der Waals surface area contributed by atoms with Gasteiger partial charge < -0.3 is 9.88 Å². The fourth-order valence-corrected chi connectivity index (χ4v) is 4.73. The molecule has 0 bridgehead atoms. The number of aryl methyl sites for hydroxylation is 3. The highest BCUT2D eigenvalue weighted by Gasteiger charge is 2.28. The molecule has 4 aromatic rings. The number of hydrogen-bond donors (Lipinski definition) is 1. The van der Waals surface area contributed by atoms with E-state index in [2.05, 4.69) is 45.5 Å². The van der Waals surface area contributed by atoms with Crippen LogP contribution in [0.2, 0.25) is 0 Å². The first kappa shape index (κ1) is 17.9. The van der Waals surface area contributed by atoms with Gasteiger partial charge in [-0.1, -0.05) is 18.2 Å². The lowest BCUT2D eigenvalue weighted by Crippen LogP contribution is -2.38. The average molecular weight is 387 g/mol. The predicted octanol–water partition coefficient (Wildman–Crippen LogP) is 4.09. The third-order valence-corrected chi connectivity index (χ3v) is 6.17. The third kappa shape index (κ3) is 2.90. The van der Waals surface area contributed by atoms with E-state index in [4.69, 9.17) is 0 Å². The molecule has 0 unspecified atom stereocenters. The highest BCUT2D eigenvalue weighted by molar-refractivity contribution is 6.06. The second-order valence-electron chi connectivity index (χ2n) is 8.07. The van der Waals surface area contributed by atoms with Gasteiger partial charge in [0.2, 0.25) is 0 Å². The zero-order valence-electron chi connectivity index (χ0n) is 17.1. The van der Waals surface area contributed by atoms with Crippen LogP contribution in [0, 0.1) is 13.8 Å². The molecule has 0 radical (unpaired) electrons. The van der Waals surface area contributed by atoms with Gasteiger partial charge in [-0.15, -0.1) is 0 Å². The highest BCUT2D eigenvalue weighted by atomic mass is 16.2. The van der Waals surface area contributed by atoms with Crippen molar-refractivity contribution in [1.29, 1.82) is 0 Å². The number of amides is 1. The molecule has 0 spiro atoms. The summed E-state index contributed by atoms with van der Waals surface area (Å²) in [7, 11) is 1.88. The van der Waals surface area contributed by atoms with E-state index in [9.17, 15) is 4.79 Å². The fourth-order valence-electron chi connectivity index (χ4n) is 4.73.